The molecule has 0 spiro atoms. The minimum atomic E-state index is 0.573. The van der Waals surface area contributed by atoms with Crippen molar-refractivity contribution in [3.05, 3.63) is 23.0 Å². The Labute approximate surface area is 122 Å². The number of pyridine rings is 1. The first kappa shape index (κ1) is 14.6. The lowest BCUT2D eigenvalue weighted by Crippen LogP contribution is -2.28. The number of aromatic nitrogens is 1. The van der Waals surface area contributed by atoms with Crippen LogP contribution in [-0.4, -0.2) is 11.0 Å². The van der Waals surface area contributed by atoms with Crippen LogP contribution in [0.5, 0.6) is 0 Å². The van der Waals surface area contributed by atoms with Crippen LogP contribution < -0.4 is 5.32 Å². The molecule has 1 aliphatic carbocycles. The van der Waals surface area contributed by atoms with E-state index in [9.17, 15) is 0 Å². The largest absolute Gasteiger partial charge is 0.381 e. The van der Waals surface area contributed by atoms with E-state index in [0.29, 0.717) is 11.2 Å². The maximum Gasteiger partial charge on any atom is 0.129 e. The van der Waals surface area contributed by atoms with Crippen molar-refractivity contribution in [2.45, 2.75) is 58.9 Å². The van der Waals surface area contributed by atoms with Gasteiger partial charge in [-0.2, -0.15) is 0 Å². The Morgan fingerprint density at radius 3 is 2.84 bits per heavy atom. The average Bonchev–Trinajstić information content (AvgIpc) is 2.32. The van der Waals surface area contributed by atoms with E-state index in [1.165, 1.54) is 32.1 Å². The number of hydrogen-bond acceptors (Lipinski definition) is 2. The zero-order valence-electron chi connectivity index (χ0n) is 12.2. The van der Waals surface area contributed by atoms with Crippen LogP contribution in [0.1, 0.15) is 51.6 Å². The molecule has 1 fully saturated rings. The Balaban J connectivity index is 1.94. The third kappa shape index (κ3) is 4.38. The average molecular weight is 281 g/mol. The molecule has 0 aliphatic heterocycles. The van der Waals surface area contributed by atoms with Crippen molar-refractivity contribution in [1.82, 2.24) is 4.98 Å². The van der Waals surface area contributed by atoms with Crippen molar-refractivity contribution in [2.75, 3.05) is 5.32 Å². The van der Waals surface area contributed by atoms with E-state index in [1.54, 1.807) is 0 Å². The van der Waals surface area contributed by atoms with E-state index in [2.05, 4.69) is 30.2 Å². The SMILES string of the molecule is Cc1nc(Cl)ccc1NC1CCCC(CC(C)C)C1. The van der Waals surface area contributed by atoms with Crippen LogP contribution in [0.2, 0.25) is 5.15 Å². The normalized spacial score (nSPS) is 23.6. The molecule has 0 amide bonds. The van der Waals surface area contributed by atoms with Crippen molar-refractivity contribution >= 4 is 17.3 Å². The van der Waals surface area contributed by atoms with Gasteiger partial charge in [0.25, 0.3) is 0 Å². The van der Waals surface area contributed by atoms with Gasteiger partial charge in [-0.05, 0) is 50.2 Å². The van der Waals surface area contributed by atoms with E-state index >= 15 is 0 Å². The molecule has 0 radical (unpaired) electrons. The van der Waals surface area contributed by atoms with Crippen molar-refractivity contribution in [3.63, 3.8) is 0 Å². The molecule has 1 aromatic heterocycles. The predicted molar refractivity (Wildman–Crippen MR) is 82.8 cm³/mol. The molecule has 2 unspecified atom stereocenters. The first-order valence-corrected chi connectivity index (χ1v) is 7.82. The number of rotatable bonds is 4. The molecule has 3 heteroatoms. The Bertz CT molecular complexity index is 417. The first-order valence-electron chi connectivity index (χ1n) is 7.44. The van der Waals surface area contributed by atoms with Crippen LogP contribution in [0, 0.1) is 18.8 Å². The van der Waals surface area contributed by atoms with E-state index in [4.69, 9.17) is 11.6 Å². The van der Waals surface area contributed by atoms with Crippen LogP contribution in [0.4, 0.5) is 5.69 Å². The molecule has 2 atom stereocenters. The lowest BCUT2D eigenvalue weighted by Gasteiger charge is -2.31. The summed E-state index contributed by atoms with van der Waals surface area (Å²) in [4.78, 5) is 4.31. The lowest BCUT2D eigenvalue weighted by molar-refractivity contribution is 0.289. The number of hydrogen-bond donors (Lipinski definition) is 1. The van der Waals surface area contributed by atoms with Gasteiger partial charge >= 0.3 is 0 Å². The minimum Gasteiger partial charge on any atom is -0.381 e. The molecule has 19 heavy (non-hydrogen) atoms. The highest BCUT2D eigenvalue weighted by atomic mass is 35.5. The van der Waals surface area contributed by atoms with Crippen LogP contribution in [0.15, 0.2) is 12.1 Å². The molecule has 2 nitrogen and oxygen atoms in total. The zero-order valence-corrected chi connectivity index (χ0v) is 13.0. The Hall–Kier alpha value is -0.760. The van der Waals surface area contributed by atoms with Gasteiger partial charge in [0.1, 0.15) is 5.15 Å². The van der Waals surface area contributed by atoms with Crippen molar-refractivity contribution < 1.29 is 0 Å². The molecule has 0 saturated heterocycles. The van der Waals surface area contributed by atoms with Gasteiger partial charge < -0.3 is 5.32 Å². The fraction of sp³-hybridized carbons (Fsp3) is 0.688. The van der Waals surface area contributed by atoms with E-state index in [-0.39, 0.29) is 0 Å². The molecule has 1 N–H and O–H groups in total. The summed E-state index contributed by atoms with van der Waals surface area (Å²) in [5, 5.41) is 4.23. The van der Waals surface area contributed by atoms with Gasteiger partial charge in [-0.3, -0.25) is 0 Å². The van der Waals surface area contributed by atoms with Crippen molar-refractivity contribution in [1.29, 1.82) is 0 Å². The molecule has 0 aromatic carbocycles. The molecule has 1 heterocycles. The Morgan fingerprint density at radius 1 is 1.37 bits per heavy atom. The second-order valence-electron chi connectivity index (χ2n) is 6.27. The molecule has 1 saturated carbocycles. The van der Waals surface area contributed by atoms with Gasteiger partial charge in [0.05, 0.1) is 11.4 Å². The number of nitrogens with one attached hydrogen (secondary N) is 1. The molecule has 106 valence electrons. The predicted octanol–water partition coefficient (Wildman–Crippen LogP) is 5.06. The van der Waals surface area contributed by atoms with Gasteiger partial charge in [-0.25, -0.2) is 4.98 Å². The minimum absolute atomic E-state index is 0.573. The topological polar surface area (TPSA) is 24.9 Å². The standard InChI is InChI=1S/C16H25ClN2/c1-11(2)9-13-5-4-6-14(10-13)19-15-7-8-16(17)18-12(15)3/h7-8,11,13-14,19H,4-6,9-10H2,1-3H3. The Kier molecular flexibility index (Phi) is 5.09. The second-order valence-corrected chi connectivity index (χ2v) is 6.66. The molecule has 1 aromatic rings. The maximum atomic E-state index is 5.90. The van der Waals surface area contributed by atoms with Crippen LogP contribution in [0.25, 0.3) is 0 Å². The van der Waals surface area contributed by atoms with Crippen LogP contribution in [-0.2, 0) is 0 Å². The lowest BCUT2D eigenvalue weighted by atomic mass is 9.81. The highest BCUT2D eigenvalue weighted by Gasteiger charge is 2.22. The monoisotopic (exact) mass is 280 g/mol. The van der Waals surface area contributed by atoms with E-state index in [1.807, 2.05) is 13.0 Å². The highest BCUT2D eigenvalue weighted by molar-refractivity contribution is 6.29. The third-order valence-electron chi connectivity index (χ3n) is 4.00. The molecule has 1 aliphatic rings. The van der Waals surface area contributed by atoms with E-state index in [0.717, 1.165) is 23.2 Å². The van der Waals surface area contributed by atoms with E-state index < -0.39 is 0 Å². The number of halogens is 1. The second kappa shape index (κ2) is 6.60. The number of anilines is 1. The summed E-state index contributed by atoms with van der Waals surface area (Å²) < 4.78 is 0. The fourth-order valence-electron chi connectivity index (χ4n) is 3.21. The van der Waals surface area contributed by atoms with Gasteiger partial charge in [0.2, 0.25) is 0 Å². The van der Waals surface area contributed by atoms with Gasteiger partial charge in [-0.1, -0.05) is 38.3 Å². The summed E-state index contributed by atoms with van der Waals surface area (Å²) in [5.41, 5.74) is 2.14. The van der Waals surface area contributed by atoms with Crippen molar-refractivity contribution in [2.24, 2.45) is 11.8 Å². The summed E-state index contributed by atoms with van der Waals surface area (Å²) in [5.74, 6) is 1.69. The van der Waals surface area contributed by atoms with Gasteiger partial charge in [0.15, 0.2) is 0 Å². The highest BCUT2D eigenvalue weighted by Crippen LogP contribution is 2.31. The summed E-state index contributed by atoms with van der Waals surface area (Å²) in [7, 11) is 0. The van der Waals surface area contributed by atoms with Gasteiger partial charge in [0, 0.05) is 6.04 Å². The first-order chi connectivity index (χ1) is 9.04. The van der Waals surface area contributed by atoms with Crippen LogP contribution >= 0.6 is 11.6 Å². The summed E-state index contributed by atoms with van der Waals surface area (Å²) in [6, 6.07) is 4.52. The van der Waals surface area contributed by atoms with Crippen LogP contribution in [0.3, 0.4) is 0 Å². The van der Waals surface area contributed by atoms with Gasteiger partial charge in [-0.15, -0.1) is 0 Å². The summed E-state index contributed by atoms with van der Waals surface area (Å²) >= 11 is 5.90. The zero-order chi connectivity index (χ0) is 13.8. The molecule has 0 bridgehead atoms. The molecular formula is C16H25ClN2. The Morgan fingerprint density at radius 2 is 2.16 bits per heavy atom. The summed E-state index contributed by atoms with van der Waals surface area (Å²) in [6.45, 7) is 6.66. The summed E-state index contributed by atoms with van der Waals surface area (Å²) in [6.07, 6.45) is 6.66. The quantitative estimate of drug-likeness (QED) is 0.780. The third-order valence-corrected chi connectivity index (χ3v) is 4.21. The molecule has 2 rings (SSSR count). The number of nitrogens with zero attached hydrogens (tertiary/aromatic N) is 1. The molecular weight excluding hydrogens is 256 g/mol. The smallest absolute Gasteiger partial charge is 0.129 e. The number of aryl methyl sites for hydroxylation is 1. The fourth-order valence-corrected chi connectivity index (χ4v) is 3.40. The van der Waals surface area contributed by atoms with Crippen molar-refractivity contribution in [3.8, 4) is 0 Å². The maximum absolute atomic E-state index is 5.90.